The van der Waals surface area contributed by atoms with Gasteiger partial charge in [0.15, 0.2) is 0 Å². The average Bonchev–Trinajstić information content (AvgIpc) is 2.16. The second-order valence-electron chi connectivity index (χ2n) is 3.59. The van der Waals surface area contributed by atoms with Crippen molar-refractivity contribution in [2.75, 3.05) is 6.61 Å². The smallest absolute Gasteiger partial charge is 0.105 e. The largest absolute Gasteiger partial charge is 0.364 e. The fraction of sp³-hybridized carbons (Fsp3) is 1.00. The molecule has 0 aliphatic rings. The number of ether oxygens (including phenoxy) is 1. The Morgan fingerprint density at radius 3 is 2.23 bits per heavy atom. The molecule has 0 aromatic carbocycles. The van der Waals surface area contributed by atoms with E-state index >= 15 is 0 Å². The quantitative estimate of drug-likeness (QED) is 0.445. The van der Waals surface area contributed by atoms with E-state index in [9.17, 15) is 0 Å². The van der Waals surface area contributed by atoms with E-state index < -0.39 is 0 Å². The normalized spacial score (nSPS) is 13.2. The van der Waals surface area contributed by atoms with Crippen molar-refractivity contribution in [3.63, 3.8) is 0 Å². The van der Waals surface area contributed by atoms with Crippen LogP contribution in [0, 0.1) is 0 Å². The Kier molecular flexibility index (Phi) is 9.94. The summed E-state index contributed by atoms with van der Waals surface area (Å²) < 4.78 is 5.38. The Balaban J connectivity index is 2.91. The van der Waals surface area contributed by atoms with Gasteiger partial charge in [0.05, 0.1) is 0 Å². The highest BCUT2D eigenvalue weighted by Crippen LogP contribution is 2.05. The minimum absolute atomic E-state index is 0.0457. The van der Waals surface area contributed by atoms with E-state index in [-0.39, 0.29) is 6.23 Å². The van der Waals surface area contributed by atoms with E-state index in [0.717, 1.165) is 19.4 Å². The predicted molar refractivity (Wildman–Crippen MR) is 57.6 cm³/mol. The van der Waals surface area contributed by atoms with Crippen molar-refractivity contribution in [1.82, 2.24) is 0 Å². The lowest BCUT2D eigenvalue weighted by Crippen LogP contribution is -2.22. The van der Waals surface area contributed by atoms with Crippen molar-refractivity contribution in [1.29, 1.82) is 0 Å². The van der Waals surface area contributed by atoms with Gasteiger partial charge in [-0.15, -0.1) is 0 Å². The molecule has 2 heteroatoms. The molecule has 0 bridgehead atoms. The van der Waals surface area contributed by atoms with E-state index in [1.54, 1.807) is 0 Å². The predicted octanol–water partition coefficient (Wildman–Crippen LogP) is 3.06. The van der Waals surface area contributed by atoms with Crippen LogP contribution in [0.25, 0.3) is 0 Å². The lowest BCUT2D eigenvalue weighted by atomic mass is 10.1. The second kappa shape index (κ2) is 10.0. The van der Waals surface area contributed by atoms with E-state index in [2.05, 4.69) is 6.92 Å². The highest BCUT2D eigenvalue weighted by molar-refractivity contribution is 4.45. The monoisotopic (exact) mass is 187 g/mol. The molecule has 0 radical (unpaired) electrons. The van der Waals surface area contributed by atoms with Crippen LogP contribution in [0.2, 0.25) is 0 Å². The third kappa shape index (κ3) is 9.84. The molecule has 0 aromatic rings. The zero-order chi connectivity index (χ0) is 9.94. The Morgan fingerprint density at radius 1 is 1.00 bits per heavy atom. The third-order valence-electron chi connectivity index (χ3n) is 2.23. The first-order valence-electron chi connectivity index (χ1n) is 5.68. The zero-order valence-electron chi connectivity index (χ0n) is 9.22. The molecule has 80 valence electrons. The van der Waals surface area contributed by atoms with Gasteiger partial charge in [0.2, 0.25) is 0 Å². The zero-order valence-corrected chi connectivity index (χ0v) is 9.22. The van der Waals surface area contributed by atoms with E-state index in [0.29, 0.717) is 0 Å². The van der Waals surface area contributed by atoms with Gasteiger partial charge in [-0.2, -0.15) is 0 Å². The van der Waals surface area contributed by atoms with Crippen molar-refractivity contribution in [3.8, 4) is 0 Å². The maximum absolute atomic E-state index is 5.61. The molecule has 0 amide bonds. The van der Waals surface area contributed by atoms with Crippen molar-refractivity contribution in [2.24, 2.45) is 5.73 Å². The summed E-state index contributed by atoms with van der Waals surface area (Å²) >= 11 is 0. The topological polar surface area (TPSA) is 35.2 Å². The van der Waals surface area contributed by atoms with Gasteiger partial charge < -0.3 is 10.5 Å². The molecular formula is C11H25NO. The van der Waals surface area contributed by atoms with Crippen LogP contribution in [0.3, 0.4) is 0 Å². The Morgan fingerprint density at radius 2 is 1.62 bits per heavy atom. The number of hydrogen-bond acceptors (Lipinski definition) is 2. The highest BCUT2D eigenvalue weighted by atomic mass is 16.5. The summed E-state index contributed by atoms with van der Waals surface area (Å²) in [6, 6.07) is 0. The second-order valence-corrected chi connectivity index (χ2v) is 3.59. The Bertz CT molecular complexity index is 96.1. The van der Waals surface area contributed by atoms with Crippen LogP contribution in [0.4, 0.5) is 0 Å². The fourth-order valence-corrected chi connectivity index (χ4v) is 1.23. The standard InChI is InChI=1S/C11H25NO/c1-3-5-6-7-8-9-10-13-11(12)4-2/h11H,3-10,12H2,1-2H3. The Hall–Kier alpha value is -0.0800. The molecule has 0 heterocycles. The van der Waals surface area contributed by atoms with Gasteiger partial charge in [-0.1, -0.05) is 46.0 Å². The minimum Gasteiger partial charge on any atom is -0.364 e. The summed E-state index contributed by atoms with van der Waals surface area (Å²) in [6.45, 7) is 5.12. The van der Waals surface area contributed by atoms with E-state index in [1.807, 2.05) is 6.92 Å². The first kappa shape index (κ1) is 12.9. The van der Waals surface area contributed by atoms with Gasteiger partial charge in [0.25, 0.3) is 0 Å². The fourth-order valence-electron chi connectivity index (χ4n) is 1.23. The van der Waals surface area contributed by atoms with Crippen LogP contribution in [0.15, 0.2) is 0 Å². The summed E-state index contributed by atoms with van der Waals surface area (Å²) in [5.41, 5.74) is 5.61. The number of nitrogens with two attached hydrogens (primary N) is 1. The number of hydrogen-bond donors (Lipinski definition) is 1. The molecule has 0 spiro atoms. The molecule has 0 saturated heterocycles. The summed E-state index contributed by atoms with van der Waals surface area (Å²) in [5, 5.41) is 0. The Labute approximate surface area is 82.8 Å². The highest BCUT2D eigenvalue weighted by Gasteiger charge is 1.97. The summed E-state index contributed by atoms with van der Waals surface area (Å²) in [6.07, 6.45) is 8.72. The molecule has 13 heavy (non-hydrogen) atoms. The molecule has 0 rings (SSSR count). The summed E-state index contributed by atoms with van der Waals surface area (Å²) in [5.74, 6) is 0. The molecule has 2 N–H and O–H groups in total. The number of rotatable bonds is 9. The molecule has 0 aliphatic heterocycles. The SMILES string of the molecule is CCCCCCCCOC(N)CC. The molecule has 2 nitrogen and oxygen atoms in total. The van der Waals surface area contributed by atoms with Crippen LogP contribution < -0.4 is 5.73 Å². The van der Waals surface area contributed by atoms with E-state index in [1.165, 1.54) is 32.1 Å². The summed E-state index contributed by atoms with van der Waals surface area (Å²) in [4.78, 5) is 0. The van der Waals surface area contributed by atoms with Gasteiger partial charge >= 0.3 is 0 Å². The van der Waals surface area contributed by atoms with Crippen LogP contribution in [-0.4, -0.2) is 12.8 Å². The first-order valence-corrected chi connectivity index (χ1v) is 5.68. The summed E-state index contributed by atoms with van der Waals surface area (Å²) in [7, 11) is 0. The van der Waals surface area contributed by atoms with Crippen LogP contribution >= 0.6 is 0 Å². The first-order chi connectivity index (χ1) is 6.31. The molecule has 1 unspecified atom stereocenters. The van der Waals surface area contributed by atoms with Crippen molar-refractivity contribution < 1.29 is 4.74 Å². The van der Waals surface area contributed by atoms with Crippen molar-refractivity contribution in [2.45, 2.75) is 65.0 Å². The van der Waals surface area contributed by atoms with Gasteiger partial charge in [0.1, 0.15) is 6.23 Å². The lowest BCUT2D eigenvalue weighted by Gasteiger charge is -2.09. The maximum atomic E-state index is 5.61. The van der Waals surface area contributed by atoms with Crippen molar-refractivity contribution >= 4 is 0 Å². The number of unbranched alkanes of at least 4 members (excludes halogenated alkanes) is 5. The van der Waals surface area contributed by atoms with Gasteiger partial charge in [-0.3, -0.25) is 0 Å². The third-order valence-corrected chi connectivity index (χ3v) is 2.23. The van der Waals surface area contributed by atoms with Gasteiger partial charge in [-0.05, 0) is 12.8 Å². The van der Waals surface area contributed by atoms with Gasteiger partial charge in [0, 0.05) is 6.61 Å². The molecule has 0 aromatic heterocycles. The molecule has 0 saturated carbocycles. The molecule has 1 atom stereocenters. The lowest BCUT2D eigenvalue weighted by molar-refractivity contribution is 0.0526. The van der Waals surface area contributed by atoms with Gasteiger partial charge in [-0.25, -0.2) is 0 Å². The van der Waals surface area contributed by atoms with Crippen LogP contribution in [0.1, 0.15) is 58.8 Å². The molecular weight excluding hydrogens is 162 g/mol. The van der Waals surface area contributed by atoms with Crippen molar-refractivity contribution in [3.05, 3.63) is 0 Å². The van der Waals surface area contributed by atoms with Crippen LogP contribution in [-0.2, 0) is 4.74 Å². The molecule has 0 fully saturated rings. The molecule has 0 aliphatic carbocycles. The minimum atomic E-state index is -0.0457. The maximum Gasteiger partial charge on any atom is 0.105 e. The average molecular weight is 187 g/mol. The van der Waals surface area contributed by atoms with Crippen LogP contribution in [0.5, 0.6) is 0 Å². The van der Waals surface area contributed by atoms with E-state index in [4.69, 9.17) is 10.5 Å².